The molecule has 2 aliphatic heterocycles. The van der Waals surface area contributed by atoms with Crippen molar-refractivity contribution in [3.8, 4) is 0 Å². The zero-order valence-corrected chi connectivity index (χ0v) is 16.0. The van der Waals surface area contributed by atoms with Crippen molar-refractivity contribution in [2.75, 3.05) is 22.9 Å². The highest BCUT2D eigenvalue weighted by molar-refractivity contribution is 6.02. The van der Waals surface area contributed by atoms with Gasteiger partial charge < -0.3 is 15.1 Å². The second-order valence-corrected chi connectivity index (χ2v) is 8.05. The third-order valence-electron chi connectivity index (χ3n) is 5.96. The molecule has 3 amide bonds. The van der Waals surface area contributed by atoms with Gasteiger partial charge in [-0.15, -0.1) is 0 Å². The van der Waals surface area contributed by atoms with E-state index in [2.05, 4.69) is 5.32 Å². The monoisotopic (exact) mass is 369 g/mol. The molecule has 6 heteroatoms. The number of carbonyl (C=O) groups excluding carboxylic acids is 3. The van der Waals surface area contributed by atoms with E-state index in [1.54, 1.807) is 4.90 Å². The number of carbonyl (C=O) groups is 3. The van der Waals surface area contributed by atoms with E-state index in [4.69, 9.17) is 0 Å². The van der Waals surface area contributed by atoms with E-state index in [0.717, 1.165) is 49.2 Å². The fraction of sp³-hybridized carbons (Fsp3) is 0.571. The first-order chi connectivity index (χ1) is 13.0. The van der Waals surface area contributed by atoms with Gasteiger partial charge in [-0.25, -0.2) is 0 Å². The van der Waals surface area contributed by atoms with Crippen LogP contribution in [-0.4, -0.2) is 36.9 Å². The molecule has 0 bridgehead atoms. The fourth-order valence-electron chi connectivity index (χ4n) is 3.93. The fourth-order valence-corrected chi connectivity index (χ4v) is 3.93. The Morgan fingerprint density at radius 2 is 2.04 bits per heavy atom. The lowest BCUT2D eigenvalue weighted by molar-refractivity contribution is -0.126. The highest BCUT2D eigenvalue weighted by Gasteiger charge is 2.38. The van der Waals surface area contributed by atoms with Crippen molar-refractivity contribution in [3.63, 3.8) is 0 Å². The van der Waals surface area contributed by atoms with E-state index in [9.17, 15) is 14.4 Å². The lowest BCUT2D eigenvalue weighted by atomic mass is 10.1. The molecule has 2 atom stereocenters. The molecule has 1 aromatic rings. The number of hydrogen-bond donors (Lipinski definition) is 1. The van der Waals surface area contributed by atoms with Crippen LogP contribution in [0.4, 0.5) is 11.4 Å². The predicted octanol–water partition coefficient (Wildman–Crippen LogP) is 2.25. The van der Waals surface area contributed by atoms with Crippen LogP contribution in [0.3, 0.4) is 0 Å². The predicted molar refractivity (Wildman–Crippen MR) is 104 cm³/mol. The molecule has 1 saturated heterocycles. The molecule has 1 aliphatic carbocycles. The largest absolute Gasteiger partial charge is 0.353 e. The van der Waals surface area contributed by atoms with E-state index >= 15 is 0 Å². The number of fused-ring (bicyclic) bond motifs is 1. The molecule has 1 saturated carbocycles. The van der Waals surface area contributed by atoms with Gasteiger partial charge in [0.05, 0.1) is 5.92 Å². The maximum atomic E-state index is 12.5. The van der Waals surface area contributed by atoms with Gasteiger partial charge in [-0.3, -0.25) is 14.4 Å². The number of nitrogens with zero attached hydrogens (tertiary/aromatic N) is 2. The van der Waals surface area contributed by atoms with Crippen molar-refractivity contribution >= 4 is 29.1 Å². The zero-order valence-electron chi connectivity index (χ0n) is 16.0. The van der Waals surface area contributed by atoms with Crippen molar-refractivity contribution in [2.45, 2.75) is 52.0 Å². The minimum Gasteiger partial charge on any atom is -0.353 e. The third-order valence-corrected chi connectivity index (χ3v) is 5.96. The van der Waals surface area contributed by atoms with Crippen molar-refractivity contribution < 1.29 is 14.4 Å². The van der Waals surface area contributed by atoms with Gasteiger partial charge in [0, 0.05) is 42.8 Å². The van der Waals surface area contributed by atoms with E-state index < -0.39 is 0 Å². The number of anilines is 2. The van der Waals surface area contributed by atoms with Crippen LogP contribution in [0.1, 0.15) is 45.1 Å². The van der Waals surface area contributed by atoms with Crippen molar-refractivity contribution in [1.29, 1.82) is 0 Å². The standard InChI is InChI=1S/C21H27N3O3/c1-3-13(2)22-20(26)16-11-19(25)24(12-16)17-6-7-18-15(10-17)8-9-23(18)21(27)14-4-5-14/h6-7,10,13-14,16H,3-5,8-9,11-12H2,1-2H3,(H,22,26)/t13-,16-/m0/s1. The Morgan fingerprint density at radius 1 is 1.26 bits per heavy atom. The summed E-state index contributed by atoms with van der Waals surface area (Å²) < 4.78 is 0. The molecule has 1 aromatic carbocycles. The highest BCUT2D eigenvalue weighted by Crippen LogP contribution is 2.38. The Bertz CT molecular complexity index is 787. The molecule has 144 valence electrons. The highest BCUT2D eigenvalue weighted by atomic mass is 16.2. The summed E-state index contributed by atoms with van der Waals surface area (Å²) in [6.07, 6.45) is 3.96. The molecule has 4 rings (SSSR count). The first kappa shape index (κ1) is 18.0. The smallest absolute Gasteiger partial charge is 0.230 e. The molecule has 0 unspecified atom stereocenters. The summed E-state index contributed by atoms with van der Waals surface area (Å²) in [6.45, 7) is 5.15. The average Bonchev–Trinajstić information content (AvgIpc) is 3.31. The third kappa shape index (κ3) is 3.45. The Morgan fingerprint density at radius 3 is 2.74 bits per heavy atom. The van der Waals surface area contributed by atoms with Crippen molar-refractivity contribution in [2.24, 2.45) is 11.8 Å². The summed E-state index contributed by atoms with van der Waals surface area (Å²) in [7, 11) is 0. The number of nitrogens with one attached hydrogen (secondary N) is 1. The van der Waals surface area contributed by atoms with Crippen LogP contribution in [0.2, 0.25) is 0 Å². The Balaban J connectivity index is 1.47. The average molecular weight is 369 g/mol. The maximum Gasteiger partial charge on any atom is 0.230 e. The Hall–Kier alpha value is -2.37. The summed E-state index contributed by atoms with van der Waals surface area (Å²) in [6, 6.07) is 6.00. The van der Waals surface area contributed by atoms with Crippen molar-refractivity contribution in [3.05, 3.63) is 23.8 Å². The van der Waals surface area contributed by atoms with Crippen LogP contribution < -0.4 is 15.1 Å². The van der Waals surface area contributed by atoms with Gasteiger partial charge in [0.2, 0.25) is 17.7 Å². The summed E-state index contributed by atoms with van der Waals surface area (Å²) in [5, 5.41) is 2.98. The van der Waals surface area contributed by atoms with E-state index in [1.165, 1.54) is 0 Å². The first-order valence-corrected chi connectivity index (χ1v) is 10.0. The first-order valence-electron chi connectivity index (χ1n) is 10.0. The van der Waals surface area contributed by atoms with Gasteiger partial charge in [0.15, 0.2) is 0 Å². The van der Waals surface area contributed by atoms with Crippen LogP contribution in [0.15, 0.2) is 18.2 Å². The van der Waals surface area contributed by atoms with Gasteiger partial charge in [-0.05, 0) is 56.4 Å². The minimum atomic E-state index is -0.298. The van der Waals surface area contributed by atoms with E-state index in [-0.39, 0.29) is 42.0 Å². The molecule has 2 heterocycles. The van der Waals surface area contributed by atoms with Crippen LogP contribution in [0.25, 0.3) is 0 Å². The Labute approximate surface area is 159 Å². The molecule has 0 radical (unpaired) electrons. The molecule has 27 heavy (non-hydrogen) atoms. The molecular weight excluding hydrogens is 342 g/mol. The second-order valence-electron chi connectivity index (χ2n) is 8.05. The normalized spacial score (nSPS) is 22.7. The zero-order chi connectivity index (χ0) is 19.1. The summed E-state index contributed by atoms with van der Waals surface area (Å²) in [5.74, 6) is 0.0968. The van der Waals surface area contributed by atoms with Gasteiger partial charge in [0.25, 0.3) is 0 Å². The molecule has 6 nitrogen and oxygen atoms in total. The Kier molecular flexibility index (Phi) is 4.66. The maximum absolute atomic E-state index is 12.5. The molecule has 3 aliphatic rings. The van der Waals surface area contributed by atoms with Gasteiger partial charge in [-0.2, -0.15) is 0 Å². The SMILES string of the molecule is CC[C@H](C)NC(=O)[C@H]1CC(=O)N(c2ccc3c(c2)CCN3C(=O)C2CC2)C1. The van der Waals surface area contributed by atoms with E-state index in [0.29, 0.717) is 6.54 Å². The van der Waals surface area contributed by atoms with Gasteiger partial charge in [0.1, 0.15) is 0 Å². The summed E-state index contributed by atoms with van der Waals surface area (Å²) >= 11 is 0. The van der Waals surface area contributed by atoms with Crippen LogP contribution in [0, 0.1) is 11.8 Å². The molecule has 0 spiro atoms. The molecule has 1 N–H and O–H groups in total. The van der Waals surface area contributed by atoms with Crippen LogP contribution in [0.5, 0.6) is 0 Å². The molecule has 0 aromatic heterocycles. The van der Waals surface area contributed by atoms with Crippen molar-refractivity contribution in [1.82, 2.24) is 5.32 Å². The van der Waals surface area contributed by atoms with Gasteiger partial charge >= 0.3 is 0 Å². The topological polar surface area (TPSA) is 69.7 Å². The second kappa shape index (κ2) is 6.98. The number of rotatable bonds is 5. The van der Waals surface area contributed by atoms with Crippen LogP contribution in [-0.2, 0) is 20.8 Å². The minimum absolute atomic E-state index is 0.0110. The molecular formula is C21H27N3O3. The number of hydrogen-bond acceptors (Lipinski definition) is 3. The lowest BCUT2D eigenvalue weighted by Crippen LogP contribution is -2.38. The number of benzene rings is 1. The summed E-state index contributed by atoms with van der Waals surface area (Å²) in [5.41, 5.74) is 2.92. The summed E-state index contributed by atoms with van der Waals surface area (Å²) in [4.78, 5) is 40.9. The van der Waals surface area contributed by atoms with Gasteiger partial charge in [-0.1, -0.05) is 6.92 Å². The molecule has 2 fully saturated rings. The lowest BCUT2D eigenvalue weighted by Gasteiger charge is -2.20. The quantitative estimate of drug-likeness (QED) is 0.865. The van der Waals surface area contributed by atoms with E-state index in [1.807, 2.05) is 36.9 Å². The van der Waals surface area contributed by atoms with Crippen LogP contribution >= 0.6 is 0 Å². The number of amides is 3.